The molecule has 1 N–H and O–H groups in total. The molecule has 0 aromatic heterocycles. The van der Waals surface area contributed by atoms with Crippen LogP contribution in [0.25, 0.3) is 0 Å². The fourth-order valence-electron chi connectivity index (χ4n) is 2.79. The molecule has 1 aliphatic carbocycles. The second kappa shape index (κ2) is 5.49. The molecule has 4 heteroatoms. The molecule has 1 aliphatic heterocycles. The first-order valence-electron chi connectivity index (χ1n) is 6.93. The standard InChI is InChI=1S/C15H20O4/c16-13-3-1-12(2-4-13)11-17-14-5-7-15(8-6-14)18-9-10-19-15/h1-4,14,16H,5-11H2. The minimum Gasteiger partial charge on any atom is -0.508 e. The topological polar surface area (TPSA) is 47.9 Å². The van der Waals surface area contributed by atoms with Crippen molar-refractivity contribution < 1.29 is 19.3 Å². The van der Waals surface area contributed by atoms with Crippen LogP contribution in [0.3, 0.4) is 0 Å². The molecule has 2 aliphatic rings. The summed E-state index contributed by atoms with van der Waals surface area (Å²) in [6.45, 7) is 2.04. The summed E-state index contributed by atoms with van der Waals surface area (Å²) in [5.74, 6) is -0.0165. The van der Waals surface area contributed by atoms with Crippen LogP contribution in [0.1, 0.15) is 31.2 Å². The molecule has 1 aromatic rings. The van der Waals surface area contributed by atoms with Gasteiger partial charge in [0.05, 0.1) is 25.9 Å². The van der Waals surface area contributed by atoms with E-state index in [1.807, 2.05) is 12.1 Å². The van der Waals surface area contributed by atoms with Crippen molar-refractivity contribution in [2.45, 2.75) is 44.2 Å². The van der Waals surface area contributed by atoms with E-state index >= 15 is 0 Å². The summed E-state index contributed by atoms with van der Waals surface area (Å²) in [5.41, 5.74) is 1.09. The zero-order valence-corrected chi connectivity index (χ0v) is 11.0. The van der Waals surface area contributed by atoms with E-state index in [0.29, 0.717) is 12.4 Å². The number of hydrogen-bond acceptors (Lipinski definition) is 4. The van der Waals surface area contributed by atoms with Crippen LogP contribution in [-0.2, 0) is 20.8 Å². The van der Waals surface area contributed by atoms with Crippen molar-refractivity contribution in [2.75, 3.05) is 13.2 Å². The number of ether oxygens (including phenoxy) is 3. The van der Waals surface area contributed by atoms with E-state index in [4.69, 9.17) is 14.2 Å². The molecule has 3 rings (SSSR count). The van der Waals surface area contributed by atoms with E-state index in [1.54, 1.807) is 12.1 Å². The molecule has 1 heterocycles. The smallest absolute Gasteiger partial charge is 0.168 e. The zero-order chi connectivity index (χ0) is 13.1. The maximum Gasteiger partial charge on any atom is 0.168 e. The molecular weight excluding hydrogens is 244 g/mol. The lowest BCUT2D eigenvalue weighted by Gasteiger charge is -2.35. The predicted molar refractivity (Wildman–Crippen MR) is 69.8 cm³/mol. The second-order valence-electron chi connectivity index (χ2n) is 5.28. The molecule has 1 saturated carbocycles. The average molecular weight is 264 g/mol. The molecule has 1 spiro atoms. The summed E-state index contributed by atoms with van der Waals surface area (Å²) < 4.78 is 17.3. The molecular formula is C15H20O4. The van der Waals surface area contributed by atoms with Crippen molar-refractivity contribution in [2.24, 2.45) is 0 Å². The zero-order valence-electron chi connectivity index (χ0n) is 11.0. The Balaban J connectivity index is 1.46. The number of phenolic OH excluding ortho intramolecular Hbond substituents is 1. The lowest BCUT2D eigenvalue weighted by molar-refractivity contribution is -0.192. The van der Waals surface area contributed by atoms with Crippen LogP contribution in [0, 0.1) is 0 Å². The number of benzene rings is 1. The number of phenols is 1. The SMILES string of the molecule is Oc1ccc(COC2CCC3(CC2)OCCO3)cc1. The van der Waals surface area contributed by atoms with E-state index in [1.165, 1.54) is 0 Å². The van der Waals surface area contributed by atoms with E-state index in [2.05, 4.69) is 0 Å². The van der Waals surface area contributed by atoms with Crippen molar-refractivity contribution in [1.29, 1.82) is 0 Å². The Kier molecular flexibility index (Phi) is 3.73. The van der Waals surface area contributed by atoms with E-state index in [0.717, 1.165) is 44.5 Å². The Labute approximate surface area is 113 Å². The Morgan fingerprint density at radius 2 is 1.74 bits per heavy atom. The van der Waals surface area contributed by atoms with Gasteiger partial charge >= 0.3 is 0 Å². The lowest BCUT2D eigenvalue weighted by Crippen LogP contribution is -2.37. The van der Waals surface area contributed by atoms with Crippen LogP contribution < -0.4 is 0 Å². The largest absolute Gasteiger partial charge is 0.508 e. The highest BCUT2D eigenvalue weighted by Gasteiger charge is 2.40. The number of hydrogen-bond donors (Lipinski definition) is 1. The normalized spacial score (nSPS) is 22.9. The van der Waals surface area contributed by atoms with Gasteiger partial charge in [0.1, 0.15) is 5.75 Å². The van der Waals surface area contributed by atoms with Crippen LogP contribution in [0.5, 0.6) is 5.75 Å². The van der Waals surface area contributed by atoms with Crippen LogP contribution in [0.2, 0.25) is 0 Å². The lowest BCUT2D eigenvalue weighted by atomic mass is 9.92. The summed E-state index contributed by atoms with van der Waals surface area (Å²) in [6, 6.07) is 7.16. The van der Waals surface area contributed by atoms with Gasteiger partial charge in [-0.25, -0.2) is 0 Å². The van der Waals surface area contributed by atoms with Gasteiger partial charge in [0.2, 0.25) is 0 Å². The third-order valence-electron chi connectivity index (χ3n) is 3.93. The Bertz CT molecular complexity index is 399. The van der Waals surface area contributed by atoms with Gasteiger partial charge in [-0.3, -0.25) is 0 Å². The molecule has 4 nitrogen and oxygen atoms in total. The first kappa shape index (κ1) is 12.9. The average Bonchev–Trinajstić information content (AvgIpc) is 2.89. The van der Waals surface area contributed by atoms with Gasteiger partial charge in [0.15, 0.2) is 5.79 Å². The Morgan fingerprint density at radius 1 is 1.11 bits per heavy atom. The van der Waals surface area contributed by atoms with E-state index in [9.17, 15) is 5.11 Å². The summed E-state index contributed by atoms with van der Waals surface area (Å²) in [6.07, 6.45) is 4.10. The van der Waals surface area contributed by atoms with Gasteiger partial charge in [-0.2, -0.15) is 0 Å². The van der Waals surface area contributed by atoms with Crippen LogP contribution in [0.15, 0.2) is 24.3 Å². The van der Waals surface area contributed by atoms with Crippen LogP contribution >= 0.6 is 0 Å². The minimum atomic E-state index is -0.307. The molecule has 2 fully saturated rings. The van der Waals surface area contributed by atoms with Gasteiger partial charge in [0, 0.05) is 12.8 Å². The molecule has 1 aromatic carbocycles. The third kappa shape index (κ3) is 3.08. The summed E-state index contributed by atoms with van der Waals surface area (Å²) in [7, 11) is 0. The van der Waals surface area contributed by atoms with Gasteiger partial charge in [-0.15, -0.1) is 0 Å². The van der Waals surface area contributed by atoms with Gasteiger partial charge in [-0.1, -0.05) is 12.1 Å². The van der Waals surface area contributed by atoms with Crippen molar-refractivity contribution in [3.05, 3.63) is 29.8 Å². The van der Waals surface area contributed by atoms with Gasteiger partial charge in [0.25, 0.3) is 0 Å². The number of aromatic hydroxyl groups is 1. The van der Waals surface area contributed by atoms with Crippen molar-refractivity contribution >= 4 is 0 Å². The molecule has 19 heavy (non-hydrogen) atoms. The highest BCUT2D eigenvalue weighted by molar-refractivity contribution is 5.25. The molecule has 0 amide bonds. The van der Waals surface area contributed by atoms with Crippen molar-refractivity contribution in [1.82, 2.24) is 0 Å². The molecule has 0 atom stereocenters. The molecule has 0 unspecified atom stereocenters. The monoisotopic (exact) mass is 264 g/mol. The minimum absolute atomic E-state index is 0.284. The summed E-state index contributed by atoms with van der Waals surface area (Å²) in [5, 5.41) is 9.22. The first-order valence-corrected chi connectivity index (χ1v) is 6.93. The summed E-state index contributed by atoms with van der Waals surface area (Å²) in [4.78, 5) is 0. The molecule has 1 saturated heterocycles. The first-order chi connectivity index (χ1) is 9.26. The molecule has 104 valence electrons. The van der Waals surface area contributed by atoms with Gasteiger partial charge < -0.3 is 19.3 Å². The third-order valence-corrected chi connectivity index (χ3v) is 3.93. The fourth-order valence-corrected chi connectivity index (χ4v) is 2.79. The summed E-state index contributed by atoms with van der Waals surface area (Å²) >= 11 is 0. The van der Waals surface area contributed by atoms with E-state index < -0.39 is 0 Å². The highest BCUT2D eigenvalue weighted by Crippen LogP contribution is 2.36. The maximum absolute atomic E-state index is 9.22. The highest BCUT2D eigenvalue weighted by atomic mass is 16.7. The van der Waals surface area contributed by atoms with Gasteiger partial charge in [-0.05, 0) is 30.5 Å². The van der Waals surface area contributed by atoms with E-state index in [-0.39, 0.29) is 11.9 Å². The molecule has 0 bridgehead atoms. The predicted octanol–water partition coefficient (Wildman–Crippen LogP) is 2.59. The molecule has 0 radical (unpaired) electrons. The van der Waals surface area contributed by atoms with Crippen molar-refractivity contribution in [3.63, 3.8) is 0 Å². The quantitative estimate of drug-likeness (QED) is 0.911. The van der Waals surface area contributed by atoms with Crippen LogP contribution in [0.4, 0.5) is 0 Å². The number of rotatable bonds is 3. The van der Waals surface area contributed by atoms with Crippen molar-refractivity contribution in [3.8, 4) is 5.75 Å². The second-order valence-corrected chi connectivity index (χ2v) is 5.28. The maximum atomic E-state index is 9.22. The van der Waals surface area contributed by atoms with Crippen LogP contribution in [-0.4, -0.2) is 30.2 Å². The Hall–Kier alpha value is -1.10. The Morgan fingerprint density at radius 3 is 2.37 bits per heavy atom. The fraction of sp³-hybridized carbons (Fsp3) is 0.600.